The fraction of sp³-hybridized carbons (Fsp3) is 0.467. The van der Waals surface area contributed by atoms with Gasteiger partial charge in [-0.3, -0.25) is 13.9 Å². The van der Waals surface area contributed by atoms with Crippen LogP contribution in [0, 0.1) is 24.6 Å². The maximum atomic E-state index is 14.6. The molecule has 0 radical (unpaired) electrons. The van der Waals surface area contributed by atoms with E-state index in [0.717, 1.165) is 0 Å². The van der Waals surface area contributed by atoms with Crippen LogP contribution in [0.4, 0.5) is 4.39 Å². The zero-order valence-electron chi connectivity index (χ0n) is 19.9. The average molecular weight is 579 g/mol. The Morgan fingerprint density at radius 3 is 2.53 bits per heavy atom. The van der Waals surface area contributed by atoms with Crippen LogP contribution in [0.1, 0.15) is 21.7 Å². The number of nitrogens with one attached hydrogen (secondary N) is 1. The molecule has 1 fully saturated rings. The van der Waals surface area contributed by atoms with Gasteiger partial charge in [-0.2, -0.15) is 8.62 Å². The molecular formula is C15H19FN3O14P3. The molecule has 1 saturated heterocycles. The van der Waals surface area contributed by atoms with E-state index in [1.807, 2.05) is 0 Å². The number of fused-ring (bicyclic) bond motifs is 1. The lowest BCUT2D eigenvalue weighted by atomic mass is 9.94. The molecule has 2 aromatic rings. The highest BCUT2D eigenvalue weighted by Gasteiger charge is 2.57. The van der Waals surface area contributed by atoms with Crippen LogP contribution in [-0.2, 0) is 31.6 Å². The number of nitrogens with zero attached hydrogens (tertiary/aromatic N) is 2. The van der Waals surface area contributed by atoms with Crippen molar-refractivity contribution in [1.82, 2.24) is 14.5 Å². The third-order valence-electron chi connectivity index (χ3n) is 4.42. The number of rotatable bonds is 8. The molecule has 0 aromatic carbocycles. The first kappa shape index (κ1) is 25.8. The van der Waals surface area contributed by atoms with Gasteiger partial charge in [0.05, 0.1) is 9.30 Å². The summed E-state index contributed by atoms with van der Waals surface area (Å²) in [6.45, 7) is -1.17. The van der Waals surface area contributed by atoms with Gasteiger partial charge in [0.25, 0.3) is 5.56 Å². The molecule has 6 atom stereocenters. The third-order valence-corrected chi connectivity index (χ3v) is 8.09. The number of ether oxygens (including phenoxy) is 1. The molecule has 0 saturated carbocycles. The summed E-state index contributed by atoms with van der Waals surface area (Å²) >= 11 is 0. The molecule has 2 aromatic heterocycles. The first-order valence-corrected chi connectivity index (χ1v) is 13.8. The Hall–Kier alpha value is -1.80. The minimum atomic E-state index is -6.09. The van der Waals surface area contributed by atoms with Crippen LogP contribution >= 0.6 is 23.5 Å². The van der Waals surface area contributed by atoms with Gasteiger partial charge >= 0.3 is 23.5 Å². The topological polar surface area (TPSA) is 260 Å². The molecule has 200 valence electrons. The molecule has 36 heavy (non-hydrogen) atoms. The van der Waals surface area contributed by atoms with Gasteiger partial charge in [0.1, 0.15) is 23.4 Å². The summed E-state index contributed by atoms with van der Waals surface area (Å²) in [5.74, 6) is 3.23. The van der Waals surface area contributed by atoms with Crippen molar-refractivity contribution in [2.24, 2.45) is 0 Å². The summed E-state index contributed by atoms with van der Waals surface area (Å²) in [7, 11) is -17.9. The highest BCUT2D eigenvalue weighted by Crippen LogP contribution is 2.66. The molecule has 7 N–H and O–H groups in total. The van der Waals surface area contributed by atoms with Crippen molar-refractivity contribution in [3.8, 4) is 11.8 Å². The van der Waals surface area contributed by atoms with E-state index in [0.29, 0.717) is 10.8 Å². The minimum Gasteiger partial charge on any atom is -0.386 e. The van der Waals surface area contributed by atoms with Crippen molar-refractivity contribution < 1.29 is 68.5 Å². The number of aryl methyl sites for hydroxylation is 1. The number of aromatic amines is 1. The molecule has 0 amide bonds. The zero-order chi connectivity index (χ0) is 29.1. The number of aliphatic hydroxyl groups excluding tert-OH is 1. The normalized spacial score (nSPS) is 29.1. The molecule has 0 aliphatic carbocycles. The van der Waals surface area contributed by atoms with Crippen LogP contribution in [0.15, 0.2) is 11.0 Å². The van der Waals surface area contributed by atoms with Crippen LogP contribution in [0.3, 0.4) is 0 Å². The highest BCUT2D eigenvalue weighted by molar-refractivity contribution is 7.66. The Morgan fingerprint density at radius 2 is 1.94 bits per heavy atom. The molecule has 1 aliphatic rings. The van der Waals surface area contributed by atoms with Gasteiger partial charge in [-0.1, -0.05) is 5.92 Å². The number of phosphoric ester groups is 1. The molecule has 0 bridgehead atoms. The van der Waals surface area contributed by atoms with E-state index in [1.165, 1.54) is 13.8 Å². The Kier molecular flexibility index (Phi) is 7.05. The number of phosphoric acid groups is 3. The second kappa shape index (κ2) is 9.82. The largest absolute Gasteiger partial charge is 0.490 e. The van der Waals surface area contributed by atoms with Crippen molar-refractivity contribution >= 4 is 34.5 Å². The second-order valence-electron chi connectivity index (χ2n) is 7.09. The smallest absolute Gasteiger partial charge is 0.386 e. The van der Waals surface area contributed by atoms with E-state index in [2.05, 4.69) is 35.0 Å². The van der Waals surface area contributed by atoms with Gasteiger partial charge in [-0.05, 0) is 13.8 Å². The Morgan fingerprint density at radius 1 is 1.31 bits per heavy atom. The van der Waals surface area contributed by atoms with Gasteiger partial charge < -0.3 is 39.5 Å². The fourth-order valence-electron chi connectivity index (χ4n) is 3.21. The summed E-state index contributed by atoms with van der Waals surface area (Å²) in [6.07, 6.45) is -6.33. The lowest BCUT2D eigenvalue weighted by Crippen LogP contribution is -2.46. The van der Waals surface area contributed by atoms with Crippen LogP contribution in [-0.4, -0.2) is 68.7 Å². The van der Waals surface area contributed by atoms with Gasteiger partial charge in [-0.25, -0.2) is 23.1 Å². The van der Waals surface area contributed by atoms with Crippen LogP contribution in [0.5, 0.6) is 0 Å². The first-order chi connectivity index (χ1) is 17.1. The summed E-state index contributed by atoms with van der Waals surface area (Å²) < 4.78 is 82.2. The highest BCUT2D eigenvalue weighted by atomic mass is 31.3. The number of H-pyrrole nitrogens is 1. The predicted octanol–water partition coefficient (Wildman–Crippen LogP) is -0.472. The summed E-state index contributed by atoms with van der Waals surface area (Å²) in [5, 5.41) is 21.3. The molecule has 21 heteroatoms. The van der Waals surface area contributed by atoms with Crippen molar-refractivity contribution in [3.63, 3.8) is 0 Å². The summed E-state index contributed by atoms with van der Waals surface area (Å²) in [5.41, 5.74) is -4.15. The lowest BCUT2D eigenvalue weighted by molar-refractivity contribution is -0.0718. The zero-order valence-corrected chi connectivity index (χ0v) is 20.6. The van der Waals surface area contributed by atoms with Crippen molar-refractivity contribution in [3.05, 3.63) is 28.2 Å². The average Bonchev–Trinajstić information content (AvgIpc) is 3.12. The SMILES string of the molecule is [2H]C([2H])(OP(=O)(O)OP(=O)(O)OP(=O)(O)O)[C@H]1O[C@@H](n2cc(F)c3c(=O)[nH]c(C)nc32)C(O)(C#CC)[C@H]1O. The third kappa shape index (κ3) is 6.01. The Labute approximate surface area is 202 Å². The lowest BCUT2D eigenvalue weighted by Gasteiger charge is -2.26. The maximum absolute atomic E-state index is 14.6. The molecule has 0 spiro atoms. The molecule has 17 nitrogen and oxygen atoms in total. The van der Waals surface area contributed by atoms with E-state index in [4.69, 9.17) is 17.3 Å². The standard InChI is InChI=1S/C15H19FN3O14P3/c1-3-4-15(22)11(20)9(6-30-35(26,27)33-36(28,29)32-34(23,24)25)31-14(15)19-5-8(16)10-12(19)17-7(2)18-13(10)21/h5,9,11,14,20,22H,6H2,1-2H3,(H,26,27)(H,28,29)(H,17,18,21)(H2,23,24,25)/t9-,11+,14-,15?/m1/s1/i6D2. The van der Waals surface area contributed by atoms with E-state index >= 15 is 0 Å². The van der Waals surface area contributed by atoms with Crippen molar-refractivity contribution in [1.29, 1.82) is 0 Å². The molecular weight excluding hydrogens is 558 g/mol. The van der Waals surface area contributed by atoms with Crippen molar-refractivity contribution in [2.45, 2.75) is 37.9 Å². The van der Waals surface area contributed by atoms with E-state index in [-0.39, 0.29) is 5.82 Å². The predicted molar refractivity (Wildman–Crippen MR) is 113 cm³/mol. The van der Waals surface area contributed by atoms with Gasteiger partial charge in [-0.15, -0.1) is 5.92 Å². The first-order valence-electron chi connectivity index (χ1n) is 10.2. The van der Waals surface area contributed by atoms with Gasteiger partial charge in [0.2, 0.25) is 0 Å². The maximum Gasteiger partial charge on any atom is 0.490 e. The molecule has 3 rings (SSSR count). The minimum absolute atomic E-state index is 0.00921. The number of aliphatic hydroxyl groups is 2. The quantitative estimate of drug-likeness (QED) is 0.154. The monoisotopic (exact) mass is 579 g/mol. The summed E-state index contributed by atoms with van der Waals surface area (Å²) in [4.78, 5) is 54.6. The van der Waals surface area contributed by atoms with Gasteiger partial charge in [0, 0.05) is 6.20 Å². The van der Waals surface area contributed by atoms with E-state index in [9.17, 15) is 42.9 Å². The summed E-state index contributed by atoms with van der Waals surface area (Å²) in [6, 6.07) is 0. The van der Waals surface area contributed by atoms with Crippen molar-refractivity contribution in [2.75, 3.05) is 6.56 Å². The molecule has 1 aliphatic heterocycles. The second-order valence-corrected chi connectivity index (χ2v) is 11.4. The van der Waals surface area contributed by atoms with Gasteiger partial charge in [0.15, 0.2) is 23.3 Å². The molecule has 3 heterocycles. The van der Waals surface area contributed by atoms with Crippen LogP contribution in [0.25, 0.3) is 11.0 Å². The van der Waals surface area contributed by atoms with Crippen LogP contribution < -0.4 is 5.56 Å². The fourth-order valence-corrected chi connectivity index (χ4v) is 6.09. The number of halogens is 1. The van der Waals surface area contributed by atoms with Crippen LogP contribution in [0.2, 0.25) is 0 Å². The Balaban J connectivity index is 2.02. The number of aromatic nitrogens is 3. The number of hydrogen-bond acceptors (Lipinski definition) is 11. The van der Waals surface area contributed by atoms with E-state index in [1.54, 1.807) is 0 Å². The number of hydrogen-bond donors (Lipinski definition) is 7. The van der Waals surface area contributed by atoms with E-state index < -0.39 is 76.5 Å². The Bertz CT molecular complexity index is 1530. The molecule has 3 unspecified atom stereocenters.